The Labute approximate surface area is 164 Å². The molecule has 0 aliphatic carbocycles. The number of nitro benzene ring substituents is 1. The molecule has 1 saturated heterocycles. The maximum atomic E-state index is 10.7. The third-order valence-corrected chi connectivity index (χ3v) is 5.54. The van der Waals surface area contributed by atoms with Crippen molar-refractivity contribution in [2.75, 3.05) is 18.4 Å². The van der Waals surface area contributed by atoms with Crippen LogP contribution in [0.2, 0.25) is 0 Å². The molecule has 1 fully saturated rings. The molecule has 6 nitrogen and oxygen atoms in total. The van der Waals surface area contributed by atoms with E-state index in [-0.39, 0.29) is 5.69 Å². The van der Waals surface area contributed by atoms with E-state index in [2.05, 4.69) is 35.3 Å². The van der Waals surface area contributed by atoms with Crippen LogP contribution in [0, 0.1) is 10.1 Å². The van der Waals surface area contributed by atoms with E-state index in [0.29, 0.717) is 12.6 Å². The van der Waals surface area contributed by atoms with Gasteiger partial charge in [-0.15, -0.1) is 0 Å². The standard InChI is InChI=1S/C22H25N3O3/c1-16-3-2-11-24(16)12-10-21-14-18-13-17(4-9-22(18)28-21)15-23-19-5-7-20(8-6-19)25(26)27/h4-9,13-14,16,23H,2-3,10-12,15H2,1H3/t16-/m1/s1. The van der Waals surface area contributed by atoms with Crippen LogP contribution in [-0.4, -0.2) is 29.0 Å². The van der Waals surface area contributed by atoms with Gasteiger partial charge in [0.05, 0.1) is 4.92 Å². The first-order valence-electron chi connectivity index (χ1n) is 9.82. The zero-order valence-corrected chi connectivity index (χ0v) is 16.1. The molecular formula is C22H25N3O3. The van der Waals surface area contributed by atoms with Crippen LogP contribution in [0.15, 0.2) is 52.9 Å². The molecule has 28 heavy (non-hydrogen) atoms. The van der Waals surface area contributed by atoms with Gasteiger partial charge in [0.2, 0.25) is 0 Å². The Morgan fingerprint density at radius 3 is 2.75 bits per heavy atom. The van der Waals surface area contributed by atoms with Gasteiger partial charge < -0.3 is 14.6 Å². The number of non-ortho nitro benzene ring substituents is 1. The molecule has 146 valence electrons. The SMILES string of the molecule is C[C@@H]1CCCN1CCc1cc2cc(CNc3ccc([N+](=O)[O-])cc3)ccc2o1. The molecule has 0 radical (unpaired) electrons. The summed E-state index contributed by atoms with van der Waals surface area (Å²) in [6, 6.07) is 15.5. The van der Waals surface area contributed by atoms with Crippen molar-refractivity contribution < 1.29 is 9.34 Å². The highest BCUT2D eigenvalue weighted by atomic mass is 16.6. The van der Waals surface area contributed by atoms with E-state index in [4.69, 9.17) is 4.42 Å². The van der Waals surface area contributed by atoms with Crippen molar-refractivity contribution in [3.8, 4) is 0 Å². The highest BCUT2D eigenvalue weighted by Gasteiger charge is 2.20. The minimum atomic E-state index is -0.390. The molecule has 0 saturated carbocycles. The first kappa shape index (κ1) is 18.5. The van der Waals surface area contributed by atoms with E-state index in [0.717, 1.165) is 40.9 Å². The Balaban J connectivity index is 1.37. The largest absolute Gasteiger partial charge is 0.461 e. The molecule has 1 N–H and O–H groups in total. The van der Waals surface area contributed by atoms with Gasteiger partial charge in [-0.3, -0.25) is 10.1 Å². The summed E-state index contributed by atoms with van der Waals surface area (Å²) in [5.41, 5.74) is 3.02. The summed E-state index contributed by atoms with van der Waals surface area (Å²) in [7, 11) is 0. The van der Waals surface area contributed by atoms with Gasteiger partial charge in [0.1, 0.15) is 11.3 Å². The molecule has 1 aliphatic rings. The summed E-state index contributed by atoms with van der Waals surface area (Å²) in [5, 5.41) is 15.2. The average Bonchev–Trinajstić information content (AvgIpc) is 3.29. The molecule has 4 rings (SSSR count). The molecule has 0 spiro atoms. The van der Waals surface area contributed by atoms with E-state index >= 15 is 0 Å². The van der Waals surface area contributed by atoms with Crippen molar-refractivity contribution in [2.45, 2.75) is 38.8 Å². The number of nitro groups is 1. The second-order valence-electron chi connectivity index (χ2n) is 7.52. The lowest BCUT2D eigenvalue weighted by Crippen LogP contribution is -2.28. The van der Waals surface area contributed by atoms with E-state index in [1.165, 1.54) is 31.5 Å². The summed E-state index contributed by atoms with van der Waals surface area (Å²) in [4.78, 5) is 12.9. The van der Waals surface area contributed by atoms with E-state index in [9.17, 15) is 10.1 Å². The first-order valence-corrected chi connectivity index (χ1v) is 9.82. The number of likely N-dealkylation sites (tertiary alicyclic amines) is 1. The van der Waals surface area contributed by atoms with E-state index in [1.54, 1.807) is 12.1 Å². The fourth-order valence-corrected chi connectivity index (χ4v) is 3.86. The number of hydrogen-bond acceptors (Lipinski definition) is 5. The Kier molecular flexibility index (Phi) is 5.30. The van der Waals surface area contributed by atoms with Gasteiger partial charge in [-0.1, -0.05) is 6.07 Å². The fraction of sp³-hybridized carbons (Fsp3) is 0.364. The van der Waals surface area contributed by atoms with Crippen molar-refractivity contribution in [2.24, 2.45) is 0 Å². The van der Waals surface area contributed by atoms with E-state index in [1.807, 2.05) is 6.07 Å². The third-order valence-electron chi connectivity index (χ3n) is 5.54. The number of anilines is 1. The lowest BCUT2D eigenvalue weighted by molar-refractivity contribution is -0.384. The third kappa shape index (κ3) is 4.17. The quantitative estimate of drug-likeness (QED) is 0.463. The second kappa shape index (κ2) is 8.02. The van der Waals surface area contributed by atoms with Crippen molar-refractivity contribution in [3.05, 3.63) is 70.0 Å². The van der Waals surface area contributed by atoms with Crippen molar-refractivity contribution in [3.63, 3.8) is 0 Å². The number of nitrogens with zero attached hydrogens (tertiary/aromatic N) is 2. The van der Waals surface area contributed by atoms with Gasteiger partial charge >= 0.3 is 0 Å². The topological polar surface area (TPSA) is 71.5 Å². The number of fused-ring (bicyclic) bond motifs is 1. The summed E-state index contributed by atoms with van der Waals surface area (Å²) < 4.78 is 6.01. The van der Waals surface area contributed by atoms with Crippen LogP contribution < -0.4 is 5.32 Å². The van der Waals surface area contributed by atoms with Crippen molar-refractivity contribution in [1.82, 2.24) is 4.90 Å². The number of furan rings is 1. The maximum absolute atomic E-state index is 10.7. The van der Waals surface area contributed by atoms with Crippen LogP contribution in [0.3, 0.4) is 0 Å². The zero-order chi connectivity index (χ0) is 19.5. The minimum Gasteiger partial charge on any atom is -0.461 e. The number of hydrogen-bond donors (Lipinski definition) is 1. The Bertz CT molecular complexity index is 965. The van der Waals surface area contributed by atoms with Crippen LogP contribution >= 0.6 is 0 Å². The average molecular weight is 379 g/mol. The predicted molar refractivity (Wildman–Crippen MR) is 111 cm³/mol. The number of rotatable bonds is 7. The molecule has 3 aromatic rings. The number of benzene rings is 2. The van der Waals surface area contributed by atoms with Crippen LogP contribution in [0.4, 0.5) is 11.4 Å². The molecule has 1 aliphatic heterocycles. The summed E-state index contributed by atoms with van der Waals surface area (Å²) >= 11 is 0. The first-order chi connectivity index (χ1) is 13.6. The fourth-order valence-electron chi connectivity index (χ4n) is 3.86. The normalized spacial score (nSPS) is 17.2. The second-order valence-corrected chi connectivity index (χ2v) is 7.52. The predicted octanol–water partition coefficient (Wildman–Crippen LogP) is 4.98. The van der Waals surface area contributed by atoms with Gasteiger partial charge in [-0.05, 0) is 62.2 Å². The maximum Gasteiger partial charge on any atom is 0.269 e. The number of nitrogens with one attached hydrogen (secondary N) is 1. The van der Waals surface area contributed by atoms with E-state index < -0.39 is 4.92 Å². The molecule has 2 heterocycles. The Hall–Kier alpha value is -2.86. The highest BCUT2D eigenvalue weighted by Crippen LogP contribution is 2.24. The van der Waals surface area contributed by atoms with Crippen LogP contribution in [0.5, 0.6) is 0 Å². The van der Waals surface area contributed by atoms with Gasteiger partial charge in [-0.25, -0.2) is 0 Å². The van der Waals surface area contributed by atoms with Crippen molar-refractivity contribution >= 4 is 22.3 Å². The molecule has 1 atom stereocenters. The monoisotopic (exact) mass is 379 g/mol. The molecule has 0 amide bonds. The Morgan fingerprint density at radius 1 is 1.21 bits per heavy atom. The molecule has 6 heteroatoms. The van der Waals surface area contributed by atoms with Gasteiger partial charge in [0.15, 0.2) is 0 Å². The van der Waals surface area contributed by atoms with Gasteiger partial charge in [-0.2, -0.15) is 0 Å². The van der Waals surface area contributed by atoms with Crippen LogP contribution in [0.1, 0.15) is 31.1 Å². The minimum absolute atomic E-state index is 0.0984. The smallest absolute Gasteiger partial charge is 0.269 e. The molecule has 1 aromatic heterocycles. The Morgan fingerprint density at radius 2 is 2.04 bits per heavy atom. The molecule has 0 bridgehead atoms. The summed E-state index contributed by atoms with van der Waals surface area (Å²) in [6.45, 7) is 5.20. The molecule has 0 unspecified atom stereocenters. The summed E-state index contributed by atoms with van der Waals surface area (Å²) in [6.07, 6.45) is 3.53. The van der Waals surface area contributed by atoms with Crippen molar-refractivity contribution in [1.29, 1.82) is 0 Å². The van der Waals surface area contributed by atoms with Crippen LogP contribution in [0.25, 0.3) is 11.0 Å². The highest BCUT2D eigenvalue weighted by molar-refractivity contribution is 5.78. The zero-order valence-electron chi connectivity index (χ0n) is 16.1. The molecular weight excluding hydrogens is 354 g/mol. The molecule has 2 aromatic carbocycles. The van der Waals surface area contributed by atoms with Gasteiger partial charge in [0, 0.05) is 48.8 Å². The van der Waals surface area contributed by atoms with Crippen LogP contribution in [-0.2, 0) is 13.0 Å². The lowest BCUT2D eigenvalue weighted by atomic mass is 10.1. The summed E-state index contributed by atoms with van der Waals surface area (Å²) in [5.74, 6) is 1.04. The lowest BCUT2D eigenvalue weighted by Gasteiger charge is -2.19. The van der Waals surface area contributed by atoms with Gasteiger partial charge in [0.25, 0.3) is 5.69 Å².